The number of piperidine rings is 1. The van der Waals surface area contributed by atoms with E-state index in [2.05, 4.69) is 203 Å². The highest BCUT2D eigenvalue weighted by molar-refractivity contribution is 6.20. The smallest absolute Gasteiger partial charge is 0.178 e. The predicted molar refractivity (Wildman–Crippen MR) is 505 cm³/mol. The van der Waals surface area contributed by atoms with Gasteiger partial charge in [-0.1, -0.05) is 38.1 Å². The summed E-state index contributed by atoms with van der Waals surface area (Å²) < 4.78 is 29.3. The second-order valence-electron chi connectivity index (χ2n) is 32.5. The third-order valence-electron chi connectivity index (χ3n) is 23.1. The van der Waals surface area contributed by atoms with E-state index in [1.165, 1.54) is 48.8 Å². The number of aromatic amines is 2. The Morgan fingerprint density at radius 1 is 0.480 bits per heavy atom. The van der Waals surface area contributed by atoms with Crippen LogP contribution in [0, 0.1) is 34.6 Å². The molecule has 4 aliphatic heterocycles. The van der Waals surface area contributed by atoms with Crippen molar-refractivity contribution in [1.82, 2.24) is 99.1 Å². The van der Waals surface area contributed by atoms with Crippen molar-refractivity contribution in [3.63, 3.8) is 0 Å². The van der Waals surface area contributed by atoms with E-state index in [1.807, 2.05) is 136 Å². The lowest BCUT2D eigenvalue weighted by molar-refractivity contribution is 0.151. The maximum absolute atomic E-state index is 14.4. The highest BCUT2D eigenvalue weighted by Crippen LogP contribution is 2.34. The number of nitrogens with one attached hydrogen (secondary N) is 7. The molecular weight excluding hydrogens is 1620 g/mol. The normalized spacial score (nSPS) is 14.1. The molecule has 32 heteroatoms. The SMILES string of the molecule is C=C(O)Cn1nc(C)c2cc(Nc3n[nH]c4cccnc34)ccc21.CCC(C)(F)Cn1nc(C)c2cc(Nc3n[nH]c4cccnc34)ccc21.COCCn1nc(C)c2cc(NC3=NCc4cccnc43)ccc21.Cc1nn(CCC(C)Cl)c2ccc(NC3=NCc4cccnc43)cc12.Cc1nn(CCN2CCCCC2)c2ccc(NC3=NCc4cccnc43)cc12. The molecule has 30 nitrogen and oxygen atoms in total. The molecule has 0 aliphatic carbocycles. The van der Waals surface area contributed by atoms with Crippen molar-refractivity contribution < 1.29 is 14.2 Å². The number of aliphatic hydroxyl groups excluding tert-OH is 1. The number of H-pyrrole nitrogens is 2. The maximum atomic E-state index is 14.4. The van der Waals surface area contributed by atoms with E-state index >= 15 is 0 Å². The van der Waals surface area contributed by atoms with Gasteiger partial charge in [-0.25, -0.2) is 4.39 Å². The number of benzene rings is 5. The number of methoxy groups -OCH3 is 1. The van der Waals surface area contributed by atoms with Crippen LogP contribution in [0.1, 0.15) is 115 Å². The lowest BCUT2D eigenvalue weighted by atomic mass is 10.1. The van der Waals surface area contributed by atoms with Crippen molar-refractivity contribution >= 4 is 146 Å². The van der Waals surface area contributed by atoms with Crippen LogP contribution in [0.25, 0.3) is 76.6 Å². The van der Waals surface area contributed by atoms with Crippen LogP contribution in [0.15, 0.2) is 210 Å². The Morgan fingerprint density at radius 2 is 0.843 bits per heavy atom. The Balaban J connectivity index is 0.000000112. The number of pyridine rings is 5. The van der Waals surface area contributed by atoms with Crippen molar-refractivity contribution in [3.8, 4) is 0 Å². The van der Waals surface area contributed by atoms with Gasteiger partial charge in [0.05, 0.1) is 120 Å². The summed E-state index contributed by atoms with van der Waals surface area (Å²) in [5.41, 5.74) is 23.4. The van der Waals surface area contributed by atoms with Gasteiger partial charge in [0.2, 0.25) is 0 Å². The van der Waals surface area contributed by atoms with E-state index in [0.717, 1.165) is 201 Å². The number of hydrogen-bond acceptors (Lipinski definition) is 23. The molecule has 127 heavy (non-hydrogen) atoms. The molecule has 17 aromatic rings. The van der Waals surface area contributed by atoms with Gasteiger partial charge in [-0.05, 0) is 221 Å². The number of nitrogens with zero attached hydrogens (tertiary/aromatic N) is 21. The van der Waals surface area contributed by atoms with Crippen LogP contribution in [0.5, 0.6) is 0 Å². The third kappa shape index (κ3) is 19.2. The molecule has 0 saturated carbocycles. The van der Waals surface area contributed by atoms with E-state index in [9.17, 15) is 9.50 Å². The number of rotatable bonds is 21. The number of aliphatic imine (C=N–C) groups is 3. The zero-order chi connectivity index (χ0) is 87.8. The first-order chi connectivity index (χ1) is 61.7. The fourth-order valence-corrected chi connectivity index (χ4v) is 16.3. The van der Waals surface area contributed by atoms with Gasteiger partial charge in [0.15, 0.2) is 29.1 Å². The highest BCUT2D eigenvalue weighted by Gasteiger charge is 2.26. The number of allylic oxidation sites excluding steroid dienone is 1. The summed E-state index contributed by atoms with van der Waals surface area (Å²) in [5, 5.41) is 69.4. The van der Waals surface area contributed by atoms with Crippen molar-refractivity contribution in [2.75, 3.05) is 59.9 Å². The van der Waals surface area contributed by atoms with Crippen LogP contribution >= 0.6 is 11.6 Å². The number of amidine groups is 3. The molecule has 8 N–H and O–H groups in total. The number of aromatic nitrogens is 19. The molecule has 648 valence electrons. The average molecular weight is 1720 g/mol. The molecule has 0 bridgehead atoms. The number of aryl methyl sites for hydroxylation is 6. The highest BCUT2D eigenvalue weighted by atomic mass is 35.5. The first kappa shape index (κ1) is 85.0. The van der Waals surface area contributed by atoms with E-state index in [0.29, 0.717) is 44.3 Å². The van der Waals surface area contributed by atoms with Gasteiger partial charge in [0.1, 0.15) is 39.5 Å². The zero-order valence-corrected chi connectivity index (χ0v) is 73.4. The summed E-state index contributed by atoms with van der Waals surface area (Å²) >= 11 is 6.08. The lowest BCUT2D eigenvalue weighted by Gasteiger charge is -2.26. The summed E-state index contributed by atoms with van der Waals surface area (Å²) in [6.45, 7) is 28.3. The molecule has 21 rings (SSSR count). The molecule has 0 spiro atoms. The summed E-state index contributed by atoms with van der Waals surface area (Å²) in [6, 6.07) is 50.5. The Hall–Kier alpha value is -14.2. The number of halogens is 2. The number of anilines is 7. The Morgan fingerprint density at radius 3 is 1.24 bits per heavy atom. The van der Waals surface area contributed by atoms with E-state index in [-0.39, 0.29) is 24.2 Å². The largest absolute Gasteiger partial charge is 0.511 e. The van der Waals surface area contributed by atoms with Gasteiger partial charge in [0, 0.05) is 129 Å². The topological polar surface area (TPSA) is 341 Å². The summed E-state index contributed by atoms with van der Waals surface area (Å²) in [4.78, 5) is 38.3. The molecule has 12 aromatic heterocycles. The molecule has 16 heterocycles. The van der Waals surface area contributed by atoms with Crippen LogP contribution in [-0.4, -0.2) is 166 Å². The van der Waals surface area contributed by atoms with Crippen molar-refractivity contribution in [2.24, 2.45) is 15.0 Å². The standard InChI is InChI=1S/C22H26N6.C19H20ClN5.C19H21FN6.C18H19N5O.C17H16N6O/c1-16-19-14-18(25-22-21-17(15-24-22)6-5-9-23-21)7-8-20(19)28(26-16)13-12-27-10-3-2-4-11-27;1-12(20)7-9-25-17-6-5-15(10-16(17)13(2)24-25)23-19-18-14(11-22-19)4-3-8-21-18;1-4-19(3,20)11-26-16-8-7-13(10-14(16)12(2)25-26)22-18-17-15(23-24-18)6-5-9-21-17;1-12-15-10-14(5-6-16(15)23(22-12)8-9-24-2)21-18-17-13(11-20-18)4-3-7-19-17;1-10(24)9-23-15-6-5-12(8-13(15)11(2)22-23)19-17-16-14(20-21-17)4-3-7-18-16/h5-9,14H,2-4,10-13,15H2,1H3,(H,24,25);3-6,8,10,12H,7,9,11H2,1-2H3,(H,22,23);5-10H,4,11H2,1-3H3,(H2,22,23,24);3-7,10H,8-9,11H2,1-2H3,(H,20,21);3-8,24H,1,9H2,2H3,(H2,19,20,21). The quantitative estimate of drug-likeness (QED) is 0.0245. The first-order valence-corrected chi connectivity index (χ1v) is 43.3. The van der Waals surface area contributed by atoms with Crippen LogP contribution in [-0.2, 0) is 57.1 Å². The third-order valence-corrected chi connectivity index (χ3v) is 23.3. The van der Waals surface area contributed by atoms with E-state index in [4.69, 9.17) is 21.4 Å². The molecule has 5 aromatic carbocycles. The zero-order valence-electron chi connectivity index (χ0n) is 72.6. The van der Waals surface area contributed by atoms with Gasteiger partial charge >= 0.3 is 0 Å². The number of fused-ring (bicyclic) bond motifs is 10. The van der Waals surface area contributed by atoms with Crippen LogP contribution in [0.2, 0.25) is 0 Å². The van der Waals surface area contributed by atoms with Gasteiger partial charge < -0.3 is 41.3 Å². The second kappa shape index (κ2) is 37.7. The van der Waals surface area contributed by atoms with E-state index in [1.54, 1.807) is 48.2 Å². The molecular formula is C95H102ClFN28O2. The number of likely N-dealkylation sites (tertiary alicyclic amines) is 1. The van der Waals surface area contributed by atoms with Crippen LogP contribution in [0.3, 0.4) is 0 Å². The monoisotopic (exact) mass is 1720 g/mol. The predicted octanol–water partition coefficient (Wildman–Crippen LogP) is 18.4. The summed E-state index contributed by atoms with van der Waals surface area (Å²) in [7, 11) is 1.70. The summed E-state index contributed by atoms with van der Waals surface area (Å²) in [5.74, 6) is 3.94. The number of aliphatic hydroxyl groups is 1. The molecule has 1 saturated heterocycles. The molecule has 0 amide bonds. The minimum atomic E-state index is -1.28. The fraction of sp³-hybridized carbons (Fsp3) is 0.295. The Bertz CT molecular complexity index is 6970. The molecule has 2 unspecified atom stereocenters. The van der Waals surface area contributed by atoms with E-state index < -0.39 is 5.67 Å². The minimum Gasteiger partial charge on any atom is -0.511 e. The summed E-state index contributed by atoms with van der Waals surface area (Å²) in [6.07, 6.45) is 14.3. The van der Waals surface area contributed by atoms with Gasteiger partial charge in [-0.3, -0.25) is 73.5 Å². The fourth-order valence-electron chi connectivity index (χ4n) is 16.3. The Labute approximate surface area is 738 Å². The van der Waals surface area contributed by atoms with Crippen LogP contribution in [0.4, 0.5) is 44.5 Å². The molecule has 1 fully saturated rings. The average Bonchev–Trinajstić information content (AvgIpc) is 1.64. The molecule has 2 atom stereocenters. The van der Waals surface area contributed by atoms with Crippen LogP contribution < -0.4 is 26.6 Å². The molecule has 0 radical (unpaired) electrons. The molecule has 4 aliphatic rings. The van der Waals surface area contributed by atoms with Gasteiger partial charge in [0.25, 0.3) is 0 Å². The first-order valence-electron chi connectivity index (χ1n) is 42.9. The van der Waals surface area contributed by atoms with Gasteiger partial charge in [-0.15, -0.1) is 11.6 Å². The maximum Gasteiger partial charge on any atom is 0.178 e. The Kier molecular flexibility index (Phi) is 25.3. The lowest BCUT2D eigenvalue weighted by Crippen LogP contribution is -2.32. The number of ether oxygens (including phenoxy) is 1. The number of alkyl halides is 2. The van der Waals surface area contributed by atoms with Crippen molar-refractivity contribution in [1.29, 1.82) is 0 Å². The van der Waals surface area contributed by atoms with Crippen molar-refractivity contribution in [2.45, 2.75) is 151 Å². The number of hydrogen-bond donors (Lipinski definition) is 8. The second-order valence-corrected chi connectivity index (χ2v) is 33.2. The van der Waals surface area contributed by atoms with Crippen molar-refractivity contribution in [3.05, 3.63) is 257 Å². The van der Waals surface area contributed by atoms with Gasteiger partial charge in [-0.2, -0.15) is 35.7 Å². The minimum absolute atomic E-state index is 0.0793.